The van der Waals surface area contributed by atoms with Crippen LogP contribution in [0.2, 0.25) is 0 Å². The van der Waals surface area contributed by atoms with Crippen LogP contribution in [0.3, 0.4) is 0 Å². The second kappa shape index (κ2) is 7.21. The Kier molecular flexibility index (Phi) is 4.88. The van der Waals surface area contributed by atoms with Gasteiger partial charge in [-0.15, -0.1) is 0 Å². The maximum atomic E-state index is 13.3. The smallest absolute Gasteiger partial charge is 0.323 e. The second-order valence-corrected chi connectivity index (χ2v) is 8.86. The maximum absolute atomic E-state index is 13.3. The predicted molar refractivity (Wildman–Crippen MR) is 113 cm³/mol. The number of aromatic nitrogens is 1. The number of aryl methyl sites for hydroxylation is 1. The van der Waals surface area contributed by atoms with E-state index in [1.54, 1.807) is 0 Å². The Balaban J connectivity index is 1.44. The van der Waals surface area contributed by atoms with Crippen LogP contribution in [-0.2, 0) is 12.0 Å². The Hall–Kier alpha value is -2.40. The number of carbonyl (C=O) groups is 1. The van der Waals surface area contributed by atoms with Gasteiger partial charge in [-0.25, -0.2) is 4.79 Å². The van der Waals surface area contributed by atoms with Gasteiger partial charge in [0.15, 0.2) is 0 Å². The molecule has 148 valence electrons. The number of likely N-dealkylation sites (tertiary alicyclic amines) is 1. The molecule has 3 heterocycles. The molecule has 5 nitrogen and oxygen atoms in total. The van der Waals surface area contributed by atoms with Gasteiger partial charge >= 0.3 is 6.03 Å². The van der Waals surface area contributed by atoms with Crippen LogP contribution in [-0.4, -0.2) is 53.5 Å². The number of amides is 2. The van der Waals surface area contributed by atoms with E-state index in [1.807, 2.05) is 28.9 Å². The molecule has 2 amide bonds. The zero-order valence-corrected chi connectivity index (χ0v) is 17.4. The lowest BCUT2D eigenvalue weighted by Crippen LogP contribution is -2.44. The fourth-order valence-corrected chi connectivity index (χ4v) is 4.44. The highest BCUT2D eigenvalue weighted by Crippen LogP contribution is 2.40. The number of hydrogen-bond acceptors (Lipinski definition) is 3. The number of hydrogen-bond donors (Lipinski definition) is 0. The Morgan fingerprint density at radius 3 is 2.71 bits per heavy atom. The molecule has 2 aliphatic rings. The Morgan fingerprint density at radius 2 is 1.96 bits per heavy atom. The van der Waals surface area contributed by atoms with Crippen molar-refractivity contribution in [1.82, 2.24) is 14.8 Å². The Bertz CT molecular complexity index is 864. The fraction of sp³-hybridized carbons (Fsp3) is 0.478. The minimum Gasteiger partial charge on any atom is -0.323 e. The average Bonchev–Trinajstić information content (AvgIpc) is 3.26. The molecule has 1 atom stereocenters. The summed E-state index contributed by atoms with van der Waals surface area (Å²) in [4.78, 5) is 24.4. The van der Waals surface area contributed by atoms with Crippen LogP contribution in [0.15, 0.2) is 42.5 Å². The number of pyridine rings is 1. The molecule has 0 radical (unpaired) electrons. The quantitative estimate of drug-likeness (QED) is 0.815. The van der Waals surface area contributed by atoms with E-state index in [2.05, 4.69) is 56.1 Å². The minimum atomic E-state index is -0.111. The highest BCUT2D eigenvalue weighted by molar-refractivity contribution is 5.95. The predicted octanol–water partition coefficient (Wildman–Crippen LogP) is 3.81. The van der Waals surface area contributed by atoms with E-state index >= 15 is 0 Å². The van der Waals surface area contributed by atoms with Gasteiger partial charge in [0.25, 0.3) is 0 Å². The van der Waals surface area contributed by atoms with Crippen molar-refractivity contribution in [1.29, 1.82) is 0 Å². The largest absolute Gasteiger partial charge is 0.324 e. The van der Waals surface area contributed by atoms with Crippen LogP contribution < -0.4 is 4.90 Å². The number of nitrogens with zero attached hydrogens (tertiary/aromatic N) is 4. The summed E-state index contributed by atoms with van der Waals surface area (Å²) in [6.45, 7) is 9.56. The lowest BCUT2D eigenvalue weighted by molar-refractivity contribution is 0.202. The maximum Gasteiger partial charge on any atom is 0.324 e. The van der Waals surface area contributed by atoms with Crippen molar-refractivity contribution in [2.45, 2.75) is 45.2 Å². The third-order valence-electron chi connectivity index (χ3n) is 6.06. The van der Waals surface area contributed by atoms with Crippen LogP contribution in [0, 0.1) is 6.92 Å². The van der Waals surface area contributed by atoms with Crippen molar-refractivity contribution >= 4 is 11.7 Å². The molecule has 1 aromatic carbocycles. The first kappa shape index (κ1) is 18.9. The Morgan fingerprint density at radius 1 is 1.21 bits per heavy atom. The topological polar surface area (TPSA) is 39.7 Å². The number of fused-ring (bicyclic) bond motifs is 1. The standard InChI is InChI=1S/C23H30N4O/c1-17-10-11-20-21(24-17)23(2,3)16-27(20)22(28)26-13-12-19(15-26)25(4)14-18-8-6-5-7-9-18/h5-11,19H,12-16H2,1-4H3/t19-/m1/s1. The monoisotopic (exact) mass is 378 g/mol. The number of anilines is 1. The fourth-order valence-electron chi connectivity index (χ4n) is 4.44. The van der Waals surface area contributed by atoms with E-state index < -0.39 is 0 Å². The summed E-state index contributed by atoms with van der Waals surface area (Å²) >= 11 is 0. The van der Waals surface area contributed by atoms with E-state index in [4.69, 9.17) is 4.98 Å². The number of likely N-dealkylation sites (N-methyl/N-ethyl adjacent to an activating group) is 1. The van der Waals surface area contributed by atoms with Crippen LogP contribution in [0.5, 0.6) is 0 Å². The van der Waals surface area contributed by atoms with E-state index in [9.17, 15) is 4.79 Å². The lowest BCUT2D eigenvalue weighted by atomic mass is 9.91. The third-order valence-corrected chi connectivity index (χ3v) is 6.06. The van der Waals surface area contributed by atoms with Crippen molar-refractivity contribution in [3.8, 4) is 0 Å². The molecule has 1 fully saturated rings. The number of carbonyl (C=O) groups excluding carboxylic acids is 1. The highest BCUT2D eigenvalue weighted by Gasteiger charge is 2.42. The first-order chi connectivity index (χ1) is 13.3. The van der Waals surface area contributed by atoms with Crippen molar-refractivity contribution in [2.75, 3.05) is 31.6 Å². The van der Waals surface area contributed by atoms with Crippen molar-refractivity contribution < 1.29 is 4.79 Å². The molecular weight excluding hydrogens is 348 g/mol. The summed E-state index contributed by atoms with van der Waals surface area (Å²) in [6.07, 6.45) is 1.02. The van der Waals surface area contributed by atoms with E-state index in [-0.39, 0.29) is 11.4 Å². The summed E-state index contributed by atoms with van der Waals surface area (Å²) in [5, 5.41) is 0. The van der Waals surface area contributed by atoms with Crippen molar-refractivity contribution in [2.24, 2.45) is 0 Å². The average molecular weight is 379 g/mol. The van der Waals surface area contributed by atoms with E-state index in [1.165, 1.54) is 5.56 Å². The molecule has 0 aliphatic carbocycles. The van der Waals surface area contributed by atoms with Gasteiger partial charge in [-0.2, -0.15) is 0 Å². The molecule has 2 aromatic rings. The first-order valence-electron chi connectivity index (χ1n) is 10.1. The molecule has 0 saturated carbocycles. The molecular formula is C23H30N4O. The molecule has 4 rings (SSSR count). The summed E-state index contributed by atoms with van der Waals surface area (Å²) in [5.74, 6) is 0. The van der Waals surface area contributed by atoms with Gasteiger partial charge in [-0.3, -0.25) is 14.8 Å². The normalized spacial score (nSPS) is 20.7. The van der Waals surface area contributed by atoms with Gasteiger partial charge in [0.2, 0.25) is 0 Å². The third kappa shape index (κ3) is 3.51. The van der Waals surface area contributed by atoms with Crippen LogP contribution in [0.25, 0.3) is 0 Å². The van der Waals surface area contributed by atoms with Gasteiger partial charge in [0.1, 0.15) is 0 Å². The van der Waals surface area contributed by atoms with Gasteiger partial charge < -0.3 is 4.90 Å². The van der Waals surface area contributed by atoms with Gasteiger partial charge in [-0.1, -0.05) is 44.2 Å². The lowest BCUT2D eigenvalue weighted by Gasteiger charge is -2.28. The summed E-state index contributed by atoms with van der Waals surface area (Å²) < 4.78 is 0. The molecule has 28 heavy (non-hydrogen) atoms. The van der Waals surface area contributed by atoms with Crippen LogP contribution >= 0.6 is 0 Å². The van der Waals surface area contributed by atoms with Gasteiger partial charge in [-0.05, 0) is 38.1 Å². The number of urea groups is 1. The van der Waals surface area contributed by atoms with Crippen LogP contribution in [0.1, 0.15) is 37.2 Å². The SMILES string of the molecule is Cc1ccc2c(n1)C(C)(C)CN2C(=O)N1CC[C@@H](N(C)Cc2ccccc2)C1. The van der Waals surface area contributed by atoms with Gasteiger partial charge in [0, 0.05) is 43.3 Å². The van der Waals surface area contributed by atoms with Gasteiger partial charge in [0.05, 0.1) is 11.4 Å². The molecule has 5 heteroatoms. The zero-order chi connectivity index (χ0) is 19.9. The zero-order valence-electron chi connectivity index (χ0n) is 17.4. The summed E-state index contributed by atoms with van der Waals surface area (Å²) in [6, 6.07) is 15.1. The number of benzene rings is 1. The molecule has 0 spiro atoms. The van der Waals surface area contributed by atoms with E-state index in [0.29, 0.717) is 12.6 Å². The molecule has 1 saturated heterocycles. The molecule has 0 N–H and O–H groups in total. The molecule has 1 aromatic heterocycles. The molecule has 0 unspecified atom stereocenters. The minimum absolute atomic E-state index is 0.111. The summed E-state index contributed by atoms with van der Waals surface area (Å²) in [5.41, 5.74) is 4.22. The van der Waals surface area contributed by atoms with Crippen LogP contribution in [0.4, 0.5) is 10.5 Å². The molecule has 0 bridgehead atoms. The first-order valence-corrected chi connectivity index (χ1v) is 10.1. The Labute approximate surface area is 168 Å². The summed E-state index contributed by atoms with van der Waals surface area (Å²) in [7, 11) is 2.16. The molecule has 2 aliphatic heterocycles. The van der Waals surface area contributed by atoms with Crippen molar-refractivity contribution in [3.05, 3.63) is 59.4 Å². The second-order valence-electron chi connectivity index (χ2n) is 8.86. The highest BCUT2D eigenvalue weighted by atomic mass is 16.2. The van der Waals surface area contributed by atoms with E-state index in [0.717, 1.165) is 43.1 Å². The number of rotatable bonds is 3. The van der Waals surface area contributed by atoms with Crippen molar-refractivity contribution in [3.63, 3.8) is 0 Å².